The number of nitrogens with zero attached hydrogens (tertiary/aromatic N) is 2. The number of amides is 2. The van der Waals surface area contributed by atoms with E-state index in [1.165, 1.54) is 9.80 Å². The Hall–Kier alpha value is -3.19. The number of benzene rings is 2. The second-order valence-electron chi connectivity index (χ2n) is 8.09. The maximum absolute atomic E-state index is 13.1. The summed E-state index contributed by atoms with van der Waals surface area (Å²) in [5, 5.41) is 0. The first-order valence-corrected chi connectivity index (χ1v) is 10.4. The number of carbonyl (C=O) groups is 2. The van der Waals surface area contributed by atoms with Crippen molar-refractivity contribution in [1.82, 2.24) is 9.97 Å². The summed E-state index contributed by atoms with van der Waals surface area (Å²) in [6, 6.07) is 14.8. The molecule has 0 unspecified atom stereocenters. The number of fused-ring (bicyclic) bond motifs is 1. The molecule has 2 saturated heterocycles. The molecule has 2 aliphatic rings. The van der Waals surface area contributed by atoms with Crippen LogP contribution in [-0.4, -0.2) is 48.0 Å². The highest BCUT2D eigenvalue weighted by atomic mass is 16.5. The molecule has 5 rings (SSSR count). The molecule has 2 fully saturated rings. The van der Waals surface area contributed by atoms with Crippen molar-refractivity contribution in [1.29, 1.82) is 0 Å². The van der Waals surface area contributed by atoms with E-state index < -0.39 is 0 Å². The van der Waals surface area contributed by atoms with E-state index in [4.69, 9.17) is 9.72 Å². The molecule has 1 atom stereocenters. The first-order valence-electron chi connectivity index (χ1n) is 10.4. The summed E-state index contributed by atoms with van der Waals surface area (Å²) in [5.74, 6) is 1.88. The van der Waals surface area contributed by atoms with Crippen molar-refractivity contribution in [2.24, 2.45) is 0 Å². The molecule has 0 saturated carbocycles. The summed E-state index contributed by atoms with van der Waals surface area (Å²) in [6.45, 7) is 1.73. The van der Waals surface area contributed by atoms with Gasteiger partial charge in [0.2, 0.25) is 5.91 Å². The number of H-pyrrole nitrogens is 1. The minimum Gasteiger partial charge on any atom is -0.497 e. The number of aromatic amines is 1. The van der Waals surface area contributed by atoms with Crippen LogP contribution in [0.4, 0.5) is 5.69 Å². The second kappa shape index (κ2) is 7.57. The van der Waals surface area contributed by atoms with Crippen LogP contribution in [0.2, 0.25) is 0 Å². The highest BCUT2D eigenvalue weighted by Gasteiger charge is 2.46. The van der Waals surface area contributed by atoms with Crippen LogP contribution in [0.25, 0.3) is 11.0 Å². The van der Waals surface area contributed by atoms with Crippen LogP contribution < -0.4 is 14.5 Å². The minimum absolute atomic E-state index is 0.0950. The van der Waals surface area contributed by atoms with Gasteiger partial charge in [0.1, 0.15) is 11.6 Å². The first-order chi connectivity index (χ1) is 14.6. The van der Waals surface area contributed by atoms with Crippen molar-refractivity contribution < 1.29 is 19.2 Å². The monoisotopic (exact) mass is 405 g/mol. The number of likely N-dealkylation sites (tertiary alicyclic amines) is 1. The van der Waals surface area contributed by atoms with Crippen LogP contribution in [-0.2, 0) is 9.59 Å². The summed E-state index contributed by atoms with van der Waals surface area (Å²) >= 11 is 0. The van der Waals surface area contributed by atoms with Crippen LogP contribution in [0.1, 0.15) is 31.0 Å². The first kappa shape index (κ1) is 18.8. The predicted octanol–water partition coefficient (Wildman–Crippen LogP) is 1.67. The lowest BCUT2D eigenvalue weighted by molar-refractivity contribution is -0.920. The Bertz CT molecular complexity index is 1050. The fourth-order valence-electron chi connectivity index (χ4n) is 4.73. The lowest BCUT2D eigenvalue weighted by Crippen LogP contribution is -3.17. The zero-order chi connectivity index (χ0) is 20.7. The molecule has 1 aromatic heterocycles. The highest BCUT2D eigenvalue weighted by Crippen LogP contribution is 2.27. The zero-order valence-electron chi connectivity index (χ0n) is 16.9. The fraction of sp³-hybridized carbons (Fsp3) is 0.348. The van der Waals surface area contributed by atoms with Gasteiger partial charge in [0.15, 0.2) is 6.04 Å². The van der Waals surface area contributed by atoms with Crippen molar-refractivity contribution in [3.8, 4) is 5.75 Å². The van der Waals surface area contributed by atoms with Crippen LogP contribution in [0, 0.1) is 0 Å². The third-order valence-corrected chi connectivity index (χ3v) is 6.39. The van der Waals surface area contributed by atoms with Gasteiger partial charge in [-0.25, -0.2) is 9.88 Å². The van der Waals surface area contributed by atoms with Crippen molar-refractivity contribution in [3.05, 3.63) is 54.4 Å². The number of para-hydroxylation sites is 2. The molecule has 2 amide bonds. The molecule has 154 valence electrons. The van der Waals surface area contributed by atoms with E-state index >= 15 is 0 Å². The Kier molecular flexibility index (Phi) is 4.75. The van der Waals surface area contributed by atoms with E-state index in [1.807, 2.05) is 24.3 Å². The summed E-state index contributed by atoms with van der Waals surface area (Å²) in [5.41, 5.74) is 2.67. The molecule has 0 spiro atoms. The molecular weight excluding hydrogens is 380 g/mol. The number of ether oxygens (including phenoxy) is 1. The number of rotatable bonds is 4. The van der Waals surface area contributed by atoms with Crippen molar-refractivity contribution in [3.63, 3.8) is 0 Å². The fourth-order valence-corrected chi connectivity index (χ4v) is 4.73. The van der Waals surface area contributed by atoms with E-state index in [1.54, 1.807) is 31.4 Å². The summed E-state index contributed by atoms with van der Waals surface area (Å²) < 4.78 is 5.17. The Morgan fingerprint density at radius 2 is 1.80 bits per heavy atom. The molecule has 3 heterocycles. The largest absolute Gasteiger partial charge is 0.497 e. The predicted molar refractivity (Wildman–Crippen MR) is 113 cm³/mol. The smallest absolute Gasteiger partial charge is 0.292 e. The van der Waals surface area contributed by atoms with E-state index in [9.17, 15) is 9.59 Å². The SMILES string of the molecule is COc1ccc(N2C(=O)C[C@@H]([NH+]3CCC(c4nc5ccccc5[nH]4)CC3)C2=O)cc1. The molecule has 0 bridgehead atoms. The molecule has 2 aromatic carbocycles. The zero-order valence-corrected chi connectivity index (χ0v) is 16.9. The average molecular weight is 405 g/mol. The Morgan fingerprint density at radius 3 is 2.50 bits per heavy atom. The molecule has 0 radical (unpaired) electrons. The van der Waals surface area contributed by atoms with Gasteiger partial charge >= 0.3 is 0 Å². The molecule has 0 aliphatic carbocycles. The van der Waals surface area contributed by atoms with Gasteiger partial charge in [0, 0.05) is 18.8 Å². The number of methoxy groups -OCH3 is 1. The van der Waals surface area contributed by atoms with E-state index in [0.717, 1.165) is 42.8 Å². The number of anilines is 1. The number of hydrogen-bond acceptors (Lipinski definition) is 4. The normalized spacial score (nSPS) is 24.6. The van der Waals surface area contributed by atoms with Crippen LogP contribution in [0.15, 0.2) is 48.5 Å². The topological polar surface area (TPSA) is 79.7 Å². The van der Waals surface area contributed by atoms with Crippen LogP contribution in [0.3, 0.4) is 0 Å². The maximum Gasteiger partial charge on any atom is 0.292 e. The Labute approximate surface area is 174 Å². The molecule has 7 heteroatoms. The number of carbonyl (C=O) groups excluding carboxylic acids is 2. The summed E-state index contributed by atoms with van der Waals surface area (Å²) in [7, 11) is 1.59. The van der Waals surface area contributed by atoms with E-state index in [0.29, 0.717) is 17.4 Å². The number of imidazole rings is 1. The highest BCUT2D eigenvalue weighted by molar-refractivity contribution is 6.21. The molecule has 30 heavy (non-hydrogen) atoms. The average Bonchev–Trinajstić information content (AvgIpc) is 3.34. The standard InChI is InChI=1S/C23H24N4O3/c1-30-17-8-6-16(7-9-17)27-21(28)14-20(23(27)29)26-12-10-15(11-13-26)22-24-18-4-2-3-5-19(18)25-22/h2-9,15,20H,10-14H2,1H3,(H,24,25)/p+1/t20-/m1/s1. The van der Waals surface area contributed by atoms with Gasteiger partial charge in [-0.1, -0.05) is 12.1 Å². The van der Waals surface area contributed by atoms with Gasteiger partial charge in [-0.3, -0.25) is 9.59 Å². The molecule has 2 N–H and O–H groups in total. The van der Waals surface area contributed by atoms with Gasteiger partial charge in [-0.2, -0.15) is 0 Å². The number of nitrogens with one attached hydrogen (secondary N) is 2. The van der Waals surface area contributed by atoms with Gasteiger partial charge in [0.25, 0.3) is 5.91 Å². The summed E-state index contributed by atoms with van der Waals surface area (Å²) in [4.78, 5) is 36.4. The van der Waals surface area contributed by atoms with Crippen LogP contribution in [0.5, 0.6) is 5.75 Å². The molecule has 3 aromatic rings. The number of aromatic nitrogens is 2. The van der Waals surface area contributed by atoms with E-state index in [-0.39, 0.29) is 24.3 Å². The second-order valence-corrected chi connectivity index (χ2v) is 8.09. The van der Waals surface area contributed by atoms with E-state index in [2.05, 4.69) is 4.98 Å². The molecule has 7 nitrogen and oxygen atoms in total. The lowest BCUT2D eigenvalue weighted by atomic mass is 9.95. The Morgan fingerprint density at radius 1 is 1.07 bits per heavy atom. The van der Waals surface area contributed by atoms with Crippen molar-refractivity contribution >= 4 is 28.5 Å². The van der Waals surface area contributed by atoms with Crippen molar-refractivity contribution in [2.75, 3.05) is 25.1 Å². The van der Waals surface area contributed by atoms with Gasteiger partial charge in [-0.15, -0.1) is 0 Å². The maximum atomic E-state index is 13.1. The quantitative estimate of drug-likeness (QED) is 0.647. The van der Waals surface area contributed by atoms with Gasteiger partial charge in [-0.05, 0) is 36.4 Å². The van der Waals surface area contributed by atoms with Gasteiger partial charge in [0.05, 0.1) is 43.3 Å². The lowest BCUT2D eigenvalue weighted by Gasteiger charge is -2.31. The number of piperidine rings is 1. The molecular formula is C23H25N4O3+. The summed E-state index contributed by atoms with van der Waals surface area (Å²) in [6.07, 6.45) is 2.18. The minimum atomic E-state index is -0.295. The van der Waals surface area contributed by atoms with Crippen molar-refractivity contribution in [2.45, 2.75) is 31.2 Å². The third-order valence-electron chi connectivity index (χ3n) is 6.39. The number of quaternary nitrogens is 1. The third kappa shape index (κ3) is 3.25. The Balaban J connectivity index is 1.26. The number of imide groups is 1. The molecule has 2 aliphatic heterocycles. The number of hydrogen-bond donors (Lipinski definition) is 2. The van der Waals surface area contributed by atoms with Gasteiger partial charge < -0.3 is 14.6 Å². The van der Waals surface area contributed by atoms with Crippen LogP contribution >= 0.6 is 0 Å².